The number of likely N-dealkylation sites (tertiary alicyclic amines) is 1. The van der Waals surface area contributed by atoms with Crippen molar-refractivity contribution >= 4 is 11.7 Å². The van der Waals surface area contributed by atoms with E-state index in [1.165, 1.54) is 0 Å². The quantitative estimate of drug-likeness (QED) is 0.893. The molecule has 0 spiro atoms. The van der Waals surface area contributed by atoms with Gasteiger partial charge in [0.15, 0.2) is 0 Å². The van der Waals surface area contributed by atoms with E-state index in [2.05, 4.69) is 11.4 Å². The summed E-state index contributed by atoms with van der Waals surface area (Å²) < 4.78 is 1.91. The number of benzene rings is 1. The van der Waals surface area contributed by atoms with Crippen molar-refractivity contribution < 1.29 is 9.90 Å². The lowest BCUT2D eigenvalue weighted by molar-refractivity contribution is -0.117. The van der Waals surface area contributed by atoms with Crippen molar-refractivity contribution in [2.75, 3.05) is 25.0 Å². The van der Waals surface area contributed by atoms with Crippen molar-refractivity contribution in [1.82, 2.24) is 9.47 Å². The van der Waals surface area contributed by atoms with E-state index in [9.17, 15) is 15.2 Å². The van der Waals surface area contributed by atoms with Gasteiger partial charge in [-0.3, -0.25) is 14.3 Å². The first-order valence-electron chi connectivity index (χ1n) is 8.39. The summed E-state index contributed by atoms with van der Waals surface area (Å²) in [6, 6.07) is 11.9. The van der Waals surface area contributed by atoms with E-state index in [4.69, 9.17) is 0 Å². The summed E-state index contributed by atoms with van der Waals surface area (Å²) >= 11 is 0. The highest BCUT2D eigenvalue weighted by molar-refractivity contribution is 5.93. The third kappa shape index (κ3) is 3.43. The van der Waals surface area contributed by atoms with Gasteiger partial charge in [0.05, 0.1) is 18.2 Å². The zero-order valence-electron chi connectivity index (χ0n) is 14.5. The molecule has 1 amide bonds. The summed E-state index contributed by atoms with van der Waals surface area (Å²) in [6.07, 6.45) is 0.329. The maximum Gasteiger partial charge on any atom is 0.239 e. The van der Waals surface area contributed by atoms with Crippen LogP contribution >= 0.6 is 0 Å². The van der Waals surface area contributed by atoms with Crippen LogP contribution in [0, 0.1) is 25.2 Å². The maximum atomic E-state index is 12.5. The molecular weight excluding hydrogens is 316 g/mol. The number of aliphatic hydroxyl groups is 1. The summed E-state index contributed by atoms with van der Waals surface area (Å²) in [4.78, 5) is 14.4. The zero-order valence-corrected chi connectivity index (χ0v) is 14.5. The average Bonchev–Trinajstić information content (AvgIpc) is 3.10. The summed E-state index contributed by atoms with van der Waals surface area (Å²) in [5.74, 6) is 0.328. The SMILES string of the molecule is Cc1c(C#N)c(NC(=O)CN2CCC(O)C2)n(-c2ccccc2)c1C. The number of hydrogen-bond acceptors (Lipinski definition) is 4. The molecule has 6 nitrogen and oxygen atoms in total. The number of nitrogens with one attached hydrogen (secondary N) is 1. The molecule has 1 aromatic heterocycles. The number of β-amino-alcohol motifs (C(OH)–C–C–N with tert-alkyl or cyclic N) is 1. The Kier molecular flexibility index (Phi) is 4.88. The van der Waals surface area contributed by atoms with Gasteiger partial charge in [-0.05, 0) is 38.0 Å². The first-order valence-corrected chi connectivity index (χ1v) is 8.39. The van der Waals surface area contributed by atoms with E-state index < -0.39 is 0 Å². The first kappa shape index (κ1) is 17.2. The van der Waals surface area contributed by atoms with E-state index in [1.807, 2.05) is 53.6 Å². The highest BCUT2D eigenvalue weighted by Crippen LogP contribution is 2.29. The van der Waals surface area contributed by atoms with Crippen molar-refractivity contribution in [2.24, 2.45) is 0 Å². The van der Waals surface area contributed by atoms with Crippen molar-refractivity contribution in [1.29, 1.82) is 5.26 Å². The first-order chi connectivity index (χ1) is 12.0. The third-order valence-electron chi connectivity index (χ3n) is 4.71. The summed E-state index contributed by atoms with van der Waals surface area (Å²) in [5.41, 5.74) is 3.17. The van der Waals surface area contributed by atoms with Crippen LogP contribution < -0.4 is 5.32 Å². The average molecular weight is 338 g/mol. The van der Waals surface area contributed by atoms with E-state index in [-0.39, 0.29) is 18.6 Å². The molecule has 1 aliphatic heterocycles. The molecule has 2 heterocycles. The van der Waals surface area contributed by atoms with Gasteiger partial charge >= 0.3 is 0 Å². The molecule has 130 valence electrons. The summed E-state index contributed by atoms with van der Waals surface area (Å²) in [5, 5.41) is 22.1. The second kappa shape index (κ2) is 7.09. The molecule has 2 N–H and O–H groups in total. The number of hydrogen-bond donors (Lipinski definition) is 2. The summed E-state index contributed by atoms with van der Waals surface area (Å²) in [7, 11) is 0. The van der Waals surface area contributed by atoms with Crippen LogP contribution in [0.4, 0.5) is 5.82 Å². The van der Waals surface area contributed by atoms with Gasteiger partial charge in [-0.25, -0.2) is 0 Å². The largest absolute Gasteiger partial charge is 0.392 e. The number of anilines is 1. The predicted octanol–water partition coefficient (Wildman–Crippen LogP) is 1.97. The highest BCUT2D eigenvalue weighted by Gasteiger charge is 2.24. The molecular formula is C19H22N4O2. The fourth-order valence-electron chi connectivity index (χ4n) is 3.29. The fraction of sp³-hybridized carbons (Fsp3) is 0.368. The van der Waals surface area contributed by atoms with Crippen LogP contribution in [0.1, 0.15) is 23.2 Å². The zero-order chi connectivity index (χ0) is 18.0. The van der Waals surface area contributed by atoms with Crippen molar-refractivity contribution in [3.63, 3.8) is 0 Å². The minimum absolute atomic E-state index is 0.180. The number of aromatic nitrogens is 1. The molecule has 1 saturated heterocycles. The van der Waals surface area contributed by atoms with Crippen LogP contribution in [0.25, 0.3) is 5.69 Å². The number of amides is 1. The lowest BCUT2D eigenvalue weighted by Gasteiger charge is -2.16. The number of rotatable bonds is 4. The molecule has 0 aliphatic carbocycles. The lowest BCUT2D eigenvalue weighted by Crippen LogP contribution is -2.32. The molecule has 6 heteroatoms. The molecule has 0 bridgehead atoms. The fourth-order valence-corrected chi connectivity index (χ4v) is 3.29. The van der Waals surface area contributed by atoms with Gasteiger partial charge in [0.2, 0.25) is 5.91 Å². The molecule has 1 aliphatic rings. The van der Waals surface area contributed by atoms with Crippen LogP contribution in [-0.2, 0) is 4.79 Å². The molecule has 1 unspecified atom stereocenters. The number of carbonyl (C=O) groups is 1. The van der Waals surface area contributed by atoms with Crippen molar-refractivity contribution in [2.45, 2.75) is 26.4 Å². The van der Waals surface area contributed by atoms with E-state index in [0.717, 1.165) is 16.9 Å². The number of aliphatic hydroxyl groups excluding tert-OH is 1. The van der Waals surface area contributed by atoms with E-state index in [1.54, 1.807) is 0 Å². The topological polar surface area (TPSA) is 81.3 Å². The smallest absolute Gasteiger partial charge is 0.239 e. The Labute approximate surface area is 147 Å². The van der Waals surface area contributed by atoms with Gasteiger partial charge in [-0.1, -0.05) is 18.2 Å². The molecule has 1 atom stereocenters. The molecule has 1 aromatic carbocycles. The van der Waals surface area contributed by atoms with Crippen LogP contribution in [-0.4, -0.2) is 46.2 Å². The van der Waals surface area contributed by atoms with Crippen LogP contribution in [0.15, 0.2) is 30.3 Å². The van der Waals surface area contributed by atoms with Crippen LogP contribution in [0.2, 0.25) is 0 Å². The normalized spacial score (nSPS) is 17.4. The van der Waals surface area contributed by atoms with Gasteiger partial charge < -0.3 is 10.4 Å². The third-order valence-corrected chi connectivity index (χ3v) is 4.71. The number of nitriles is 1. The standard InChI is InChI=1S/C19H22N4O2/c1-13-14(2)23(15-6-4-3-5-7-15)19(17(13)10-20)21-18(25)12-22-9-8-16(24)11-22/h3-7,16,24H,8-9,11-12H2,1-2H3,(H,21,25). The minimum atomic E-state index is -0.361. The molecule has 1 fully saturated rings. The monoisotopic (exact) mass is 338 g/mol. The Hall–Kier alpha value is -2.62. The van der Waals surface area contributed by atoms with Gasteiger partial charge in [0.1, 0.15) is 11.9 Å². The van der Waals surface area contributed by atoms with Gasteiger partial charge in [0, 0.05) is 24.5 Å². The molecule has 2 aromatic rings. The second-order valence-electron chi connectivity index (χ2n) is 6.44. The predicted molar refractivity (Wildman–Crippen MR) is 95.7 cm³/mol. The Balaban J connectivity index is 1.91. The van der Waals surface area contributed by atoms with Crippen LogP contribution in [0.3, 0.4) is 0 Å². The highest BCUT2D eigenvalue weighted by atomic mass is 16.3. The number of carbonyl (C=O) groups excluding carboxylic acids is 1. The molecule has 0 saturated carbocycles. The Bertz CT molecular complexity index is 820. The Morgan fingerprint density at radius 1 is 1.36 bits per heavy atom. The van der Waals surface area contributed by atoms with Crippen molar-refractivity contribution in [3.05, 3.63) is 47.2 Å². The second-order valence-corrected chi connectivity index (χ2v) is 6.44. The Morgan fingerprint density at radius 2 is 2.08 bits per heavy atom. The maximum absolute atomic E-state index is 12.5. The van der Waals surface area contributed by atoms with Gasteiger partial charge in [-0.15, -0.1) is 0 Å². The minimum Gasteiger partial charge on any atom is -0.392 e. The lowest BCUT2D eigenvalue weighted by atomic mass is 10.2. The van der Waals surface area contributed by atoms with Crippen LogP contribution in [0.5, 0.6) is 0 Å². The van der Waals surface area contributed by atoms with E-state index >= 15 is 0 Å². The van der Waals surface area contributed by atoms with Crippen molar-refractivity contribution in [3.8, 4) is 11.8 Å². The van der Waals surface area contributed by atoms with E-state index in [0.29, 0.717) is 30.9 Å². The number of nitrogens with zero attached hydrogens (tertiary/aromatic N) is 3. The molecule has 25 heavy (non-hydrogen) atoms. The molecule has 0 radical (unpaired) electrons. The summed E-state index contributed by atoms with van der Waals surface area (Å²) in [6.45, 7) is 5.25. The molecule has 3 rings (SSSR count). The Morgan fingerprint density at radius 3 is 2.68 bits per heavy atom. The number of para-hydroxylation sites is 1. The van der Waals surface area contributed by atoms with Gasteiger partial charge in [0.25, 0.3) is 0 Å². The van der Waals surface area contributed by atoms with Gasteiger partial charge in [-0.2, -0.15) is 5.26 Å².